The van der Waals surface area contributed by atoms with Gasteiger partial charge in [0.2, 0.25) is 11.7 Å². The van der Waals surface area contributed by atoms with Crippen LogP contribution >= 0.6 is 0 Å². The number of hydrogen-bond donors (Lipinski definition) is 3. The number of ether oxygens (including phenoxy) is 1. The van der Waals surface area contributed by atoms with Gasteiger partial charge in [0.15, 0.2) is 0 Å². The number of hydrogen-bond acceptors (Lipinski definition) is 6. The van der Waals surface area contributed by atoms with Crippen LogP contribution < -0.4 is 25.2 Å². The molecule has 1 aromatic carbocycles. The molecule has 0 radical (unpaired) electrons. The van der Waals surface area contributed by atoms with Crippen LogP contribution in [0.25, 0.3) is 0 Å². The zero-order valence-electron chi connectivity index (χ0n) is 19.3. The number of aromatic nitrogens is 2. The maximum absolute atomic E-state index is 13.9. The summed E-state index contributed by atoms with van der Waals surface area (Å²) < 4.78 is 20.1. The first kappa shape index (κ1) is 23.2. The predicted molar refractivity (Wildman–Crippen MR) is 126 cm³/mol. The van der Waals surface area contributed by atoms with E-state index < -0.39 is 0 Å². The van der Waals surface area contributed by atoms with Gasteiger partial charge in [0.25, 0.3) is 5.82 Å². The average Bonchev–Trinajstić information content (AvgIpc) is 2.76. The van der Waals surface area contributed by atoms with Gasteiger partial charge in [-0.05, 0) is 44.5 Å². The standard InChI is InChI=1S/C23H36FN6O/c1-6-25-20-13-17(10-11-18(20)24)28-23-27-14-21(31-5)22(29-23)30(3,4)15-16(2)19-9-7-8-12-26-19/h10-11,13-14,16,19,25-26H,6-9,12,15H2,1-5H3,(H,27,28,29)/q+1. The van der Waals surface area contributed by atoms with E-state index in [0.717, 1.165) is 24.6 Å². The summed E-state index contributed by atoms with van der Waals surface area (Å²) >= 11 is 0. The van der Waals surface area contributed by atoms with E-state index >= 15 is 0 Å². The maximum Gasteiger partial charge on any atom is 0.275 e. The lowest BCUT2D eigenvalue weighted by Gasteiger charge is -2.36. The van der Waals surface area contributed by atoms with Crippen LogP contribution in [0.15, 0.2) is 24.4 Å². The normalized spacial score (nSPS) is 17.8. The second-order valence-electron chi connectivity index (χ2n) is 8.84. The van der Waals surface area contributed by atoms with Gasteiger partial charge in [0, 0.05) is 24.2 Å². The fourth-order valence-corrected chi connectivity index (χ4v) is 4.36. The molecule has 0 spiro atoms. The quantitative estimate of drug-likeness (QED) is 0.518. The molecule has 1 aliphatic heterocycles. The van der Waals surface area contributed by atoms with Crippen LogP contribution in [-0.4, -0.2) is 56.8 Å². The third kappa shape index (κ3) is 5.83. The molecule has 1 fully saturated rings. The molecule has 8 heteroatoms. The van der Waals surface area contributed by atoms with Crippen molar-refractivity contribution < 1.29 is 9.13 Å². The molecule has 0 amide bonds. The van der Waals surface area contributed by atoms with E-state index in [1.165, 1.54) is 25.3 Å². The predicted octanol–water partition coefficient (Wildman–Crippen LogP) is 4.14. The largest absolute Gasteiger partial charge is 0.488 e. The number of piperidine rings is 1. The van der Waals surface area contributed by atoms with E-state index in [-0.39, 0.29) is 5.82 Å². The molecule has 1 aliphatic rings. The van der Waals surface area contributed by atoms with Crippen LogP contribution in [0.4, 0.5) is 27.5 Å². The SMILES string of the molecule is CCNc1cc(Nc2ncc(OC)c([N+](C)(C)CC(C)C3CCCCN3)n2)ccc1F. The molecule has 31 heavy (non-hydrogen) atoms. The Morgan fingerprint density at radius 1 is 1.32 bits per heavy atom. The Hall–Kier alpha value is -2.45. The van der Waals surface area contributed by atoms with Crippen molar-refractivity contribution in [3.63, 3.8) is 0 Å². The van der Waals surface area contributed by atoms with Gasteiger partial charge < -0.3 is 20.7 Å². The van der Waals surface area contributed by atoms with Crippen molar-refractivity contribution in [1.82, 2.24) is 19.8 Å². The zero-order valence-corrected chi connectivity index (χ0v) is 19.3. The van der Waals surface area contributed by atoms with Crippen LogP contribution in [0.5, 0.6) is 5.75 Å². The lowest BCUT2D eigenvalue weighted by molar-refractivity contribution is 0.241. The Labute approximate surface area is 185 Å². The Morgan fingerprint density at radius 3 is 2.81 bits per heavy atom. The number of nitrogens with zero attached hydrogens (tertiary/aromatic N) is 3. The highest BCUT2D eigenvalue weighted by molar-refractivity contribution is 5.63. The van der Waals surface area contributed by atoms with Crippen LogP contribution in [0.3, 0.4) is 0 Å². The third-order valence-corrected chi connectivity index (χ3v) is 5.90. The summed E-state index contributed by atoms with van der Waals surface area (Å²) in [7, 11) is 5.94. The number of methoxy groups -OCH3 is 1. The van der Waals surface area contributed by atoms with Crippen molar-refractivity contribution in [1.29, 1.82) is 0 Å². The summed E-state index contributed by atoms with van der Waals surface area (Å²) in [5, 5.41) is 9.89. The zero-order chi connectivity index (χ0) is 22.4. The molecule has 1 aromatic heterocycles. The van der Waals surface area contributed by atoms with Crippen LogP contribution in [0, 0.1) is 11.7 Å². The summed E-state index contributed by atoms with van der Waals surface area (Å²) in [6.45, 7) is 6.90. The van der Waals surface area contributed by atoms with Gasteiger partial charge in [-0.1, -0.05) is 13.3 Å². The molecule has 2 heterocycles. The lowest BCUT2D eigenvalue weighted by atomic mass is 9.92. The highest BCUT2D eigenvalue weighted by Crippen LogP contribution is 2.32. The monoisotopic (exact) mass is 431 g/mol. The summed E-state index contributed by atoms with van der Waals surface area (Å²) in [5.74, 6) is 2.14. The lowest BCUT2D eigenvalue weighted by Crippen LogP contribution is -2.50. The molecule has 2 aromatic rings. The van der Waals surface area contributed by atoms with E-state index in [1.54, 1.807) is 25.4 Å². The summed E-state index contributed by atoms with van der Waals surface area (Å²) in [6, 6.07) is 5.37. The molecule has 0 aliphatic carbocycles. The first-order valence-electron chi connectivity index (χ1n) is 11.1. The molecule has 170 valence electrons. The second kappa shape index (κ2) is 10.2. The van der Waals surface area contributed by atoms with E-state index in [4.69, 9.17) is 9.72 Å². The molecule has 2 atom stereocenters. The van der Waals surface area contributed by atoms with Crippen LogP contribution in [0.1, 0.15) is 33.1 Å². The number of benzene rings is 1. The van der Waals surface area contributed by atoms with E-state index in [9.17, 15) is 4.39 Å². The Kier molecular flexibility index (Phi) is 7.67. The molecule has 0 bridgehead atoms. The molecule has 3 rings (SSSR count). The van der Waals surface area contributed by atoms with Crippen LogP contribution in [0.2, 0.25) is 0 Å². The Morgan fingerprint density at radius 2 is 2.13 bits per heavy atom. The average molecular weight is 432 g/mol. The van der Waals surface area contributed by atoms with Gasteiger partial charge in [-0.2, -0.15) is 4.98 Å². The first-order chi connectivity index (χ1) is 14.8. The van der Waals surface area contributed by atoms with Crippen molar-refractivity contribution in [3.05, 3.63) is 30.2 Å². The molecule has 3 N–H and O–H groups in total. The van der Waals surface area contributed by atoms with Crippen molar-refractivity contribution >= 4 is 23.1 Å². The van der Waals surface area contributed by atoms with Crippen molar-refractivity contribution in [3.8, 4) is 5.75 Å². The smallest absolute Gasteiger partial charge is 0.275 e. The minimum Gasteiger partial charge on any atom is -0.488 e. The fourth-order valence-electron chi connectivity index (χ4n) is 4.36. The summed E-state index contributed by atoms with van der Waals surface area (Å²) in [4.78, 5) is 9.20. The summed E-state index contributed by atoms with van der Waals surface area (Å²) in [5.41, 5.74) is 1.17. The second-order valence-corrected chi connectivity index (χ2v) is 8.84. The molecule has 2 unspecified atom stereocenters. The Balaban J connectivity index is 1.81. The van der Waals surface area contributed by atoms with E-state index in [0.29, 0.717) is 40.4 Å². The number of rotatable bonds is 9. The topological polar surface area (TPSA) is 71.1 Å². The maximum atomic E-state index is 13.9. The highest BCUT2D eigenvalue weighted by Gasteiger charge is 2.32. The molecular formula is C23H36FN6O+. The van der Waals surface area contributed by atoms with Gasteiger partial charge in [-0.25, -0.2) is 9.37 Å². The third-order valence-electron chi connectivity index (χ3n) is 5.90. The number of quaternary nitrogens is 1. The number of halogens is 1. The van der Waals surface area contributed by atoms with Crippen molar-refractivity contribution in [2.45, 2.75) is 39.2 Å². The number of anilines is 3. The van der Waals surface area contributed by atoms with Gasteiger partial charge >= 0.3 is 0 Å². The first-order valence-corrected chi connectivity index (χ1v) is 11.1. The van der Waals surface area contributed by atoms with Crippen LogP contribution in [-0.2, 0) is 0 Å². The molecule has 0 saturated carbocycles. The van der Waals surface area contributed by atoms with Gasteiger partial charge in [0.1, 0.15) is 5.82 Å². The van der Waals surface area contributed by atoms with Gasteiger partial charge in [0.05, 0.1) is 39.6 Å². The highest BCUT2D eigenvalue weighted by atomic mass is 19.1. The minimum absolute atomic E-state index is 0.285. The summed E-state index contributed by atoms with van der Waals surface area (Å²) in [6.07, 6.45) is 5.46. The molecule has 7 nitrogen and oxygen atoms in total. The van der Waals surface area contributed by atoms with Gasteiger partial charge in [-0.3, -0.25) is 4.48 Å². The number of nitrogens with one attached hydrogen (secondary N) is 3. The minimum atomic E-state index is -0.285. The van der Waals surface area contributed by atoms with Crippen molar-refractivity contribution in [2.75, 3.05) is 51.5 Å². The fraction of sp³-hybridized carbons (Fsp3) is 0.565. The molecule has 1 saturated heterocycles. The van der Waals surface area contributed by atoms with Gasteiger partial charge in [-0.15, -0.1) is 0 Å². The van der Waals surface area contributed by atoms with E-state index in [1.807, 2.05) is 6.92 Å². The molecular weight excluding hydrogens is 395 g/mol. The van der Waals surface area contributed by atoms with E-state index in [2.05, 4.69) is 42.0 Å². The Bertz CT molecular complexity index is 869. The van der Waals surface area contributed by atoms with Crippen molar-refractivity contribution in [2.24, 2.45) is 5.92 Å².